The van der Waals surface area contributed by atoms with Crippen LogP contribution in [-0.2, 0) is 4.74 Å². The third-order valence-corrected chi connectivity index (χ3v) is 4.75. The van der Waals surface area contributed by atoms with Crippen molar-refractivity contribution in [3.8, 4) is 28.5 Å². The fraction of sp³-hybridized carbons (Fsp3) is 0.130. The molecule has 3 aromatic rings. The van der Waals surface area contributed by atoms with Crippen LogP contribution in [0.1, 0.15) is 38.4 Å². The smallest absolute Gasteiger partial charge is 0.340 e. The van der Waals surface area contributed by atoms with Gasteiger partial charge < -0.3 is 4.74 Å². The molecule has 0 N–H and O–H groups in total. The molecule has 5 heteroatoms. The Morgan fingerprint density at radius 2 is 1.71 bits per heavy atom. The van der Waals surface area contributed by atoms with Gasteiger partial charge in [-0.3, -0.25) is 9.78 Å². The van der Waals surface area contributed by atoms with E-state index in [-0.39, 0.29) is 24.4 Å². The van der Waals surface area contributed by atoms with Gasteiger partial charge in [-0.2, -0.15) is 5.26 Å². The number of hydrogen-bond donors (Lipinski definition) is 0. The van der Waals surface area contributed by atoms with Gasteiger partial charge >= 0.3 is 5.97 Å². The maximum Gasteiger partial charge on any atom is 0.340 e. The first kappa shape index (κ1) is 17.6. The molecule has 2 aromatic carbocycles. The van der Waals surface area contributed by atoms with Crippen LogP contribution in [0.25, 0.3) is 22.4 Å². The van der Waals surface area contributed by atoms with Crippen LogP contribution in [0.2, 0.25) is 0 Å². The Morgan fingerprint density at radius 3 is 2.43 bits per heavy atom. The van der Waals surface area contributed by atoms with Gasteiger partial charge in [-0.1, -0.05) is 54.6 Å². The Labute approximate surface area is 162 Å². The summed E-state index contributed by atoms with van der Waals surface area (Å²) in [4.78, 5) is 30.6. The van der Waals surface area contributed by atoms with Gasteiger partial charge in [0.2, 0.25) is 0 Å². The summed E-state index contributed by atoms with van der Waals surface area (Å²) in [6.07, 6.45) is 0.105. The van der Waals surface area contributed by atoms with E-state index in [0.717, 1.165) is 11.1 Å². The van der Waals surface area contributed by atoms with E-state index >= 15 is 0 Å². The van der Waals surface area contributed by atoms with Crippen LogP contribution in [0.15, 0.2) is 54.6 Å². The lowest BCUT2D eigenvalue weighted by atomic mass is 9.92. The fourth-order valence-corrected chi connectivity index (χ4v) is 3.55. The number of fused-ring (bicyclic) bond motifs is 3. The second-order valence-electron chi connectivity index (χ2n) is 6.46. The first-order chi connectivity index (χ1) is 13.6. The van der Waals surface area contributed by atoms with Gasteiger partial charge in [0.1, 0.15) is 6.61 Å². The topological polar surface area (TPSA) is 80.0 Å². The van der Waals surface area contributed by atoms with Gasteiger partial charge in [0.15, 0.2) is 5.78 Å². The third-order valence-electron chi connectivity index (χ3n) is 4.75. The maximum absolute atomic E-state index is 13.2. The van der Waals surface area contributed by atoms with E-state index in [4.69, 9.17) is 10.00 Å². The predicted octanol–water partition coefficient (Wildman–Crippen LogP) is 4.34. The summed E-state index contributed by atoms with van der Waals surface area (Å²) in [6.45, 7) is 1.73. The molecule has 0 saturated heterocycles. The summed E-state index contributed by atoms with van der Waals surface area (Å²) in [7, 11) is 0. The lowest BCUT2D eigenvalue weighted by Gasteiger charge is -2.16. The maximum atomic E-state index is 13.2. The second kappa shape index (κ2) is 7.09. The number of aromatic nitrogens is 1. The first-order valence-corrected chi connectivity index (χ1v) is 8.91. The van der Waals surface area contributed by atoms with E-state index in [2.05, 4.69) is 4.98 Å². The average molecular weight is 368 g/mol. The minimum Gasteiger partial charge on any atom is -0.461 e. The number of ketones is 1. The summed E-state index contributed by atoms with van der Waals surface area (Å²) in [5.74, 6) is -0.728. The van der Waals surface area contributed by atoms with Gasteiger partial charge in [0.05, 0.1) is 35.0 Å². The average Bonchev–Trinajstić information content (AvgIpc) is 3.00. The number of carbonyl (C=O) groups excluding carboxylic acids is 2. The number of pyridine rings is 1. The van der Waals surface area contributed by atoms with Crippen molar-refractivity contribution in [1.82, 2.24) is 4.98 Å². The van der Waals surface area contributed by atoms with Gasteiger partial charge in [0.25, 0.3) is 0 Å². The highest BCUT2D eigenvalue weighted by Crippen LogP contribution is 2.42. The zero-order valence-corrected chi connectivity index (χ0v) is 15.2. The molecule has 0 unspecified atom stereocenters. The summed E-state index contributed by atoms with van der Waals surface area (Å²) < 4.78 is 5.27. The molecule has 0 saturated carbocycles. The van der Waals surface area contributed by atoms with Crippen molar-refractivity contribution in [3.63, 3.8) is 0 Å². The number of carbonyl (C=O) groups is 2. The summed E-state index contributed by atoms with van der Waals surface area (Å²) >= 11 is 0. The Hall–Kier alpha value is -3.78. The minimum atomic E-state index is -0.578. The van der Waals surface area contributed by atoms with E-state index in [9.17, 15) is 9.59 Å². The summed E-state index contributed by atoms with van der Waals surface area (Å²) in [6, 6.07) is 18.6. The van der Waals surface area contributed by atoms with Crippen LogP contribution in [0.5, 0.6) is 0 Å². The number of nitrogens with zero attached hydrogens (tertiary/aromatic N) is 2. The van der Waals surface area contributed by atoms with Crippen LogP contribution >= 0.6 is 0 Å². The van der Waals surface area contributed by atoms with Gasteiger partial charge in [-0.05, 0) is 12.5 Å². The molecule has 0 amide bonds. The van der Waals surface area contributed by atoms with Crippen molar-refractivity contribution in [3.05, 3.63) is 77.0 Å². The molecule has 1 aliphatic carbocycles. The number of esters is 1. The molecule has 28 heavy (non-hydrogen) atoms. The quantitative estimate of drug-likeness (QED) is 0.395. The van der Waals surface area contributed by atoms with Gasteiger partial charge in [-0.25, -0.2) is 4.79 Å². The Bertz CT molecular complexity index is 1140. The van der Waals surface area contributed by atoms with E-state index < -0.39 is 5.97 Å². The minimum absolute atomic E-state index is 0.00569. The van der Waals surface area contributed by atoms with Crippen molar-refractivity contribution in [2.24, 2.45) is 0 Å². The number of aryl methyl sites for hydroxylation is 1. The highest BCUT2D eigenvalue weighted by molar-refractivity contribution is 6.25. The number of rotatable bonds is 4. The molecule has 0 aliphatic heterocycles. The largest absolute Gasteiger partial charge is 0.461 e. The molecule has 1 aromatic heterocycles. The molecular weight excluding hydrogens is 352 g/mol. The third kappa shape index (κ3) is 2.76. The molecule has 136 valence electrons. The second-order valence-corrected chi connectivity index (χ2v) is 6.46. The van der Waals surface area contributed by atoms with E-state index in [1.165, 1.54) is 0 Å². The highest BCUT2D eigenvalue weighted by Gasteiger charge is 2.35. The zero-order valence-electron chi connectivity index (χ0n) is 15.2. The molecule has 5 nitrogen and oxygen atoms in total. The van der Waals surface area contributed by atoms with E-state index in [1.54, 1.807) is 13.0 Å². The van der Waals surface area contributed by atoms with Gasteiger partial charge in [-0.15, -0.1) is 0 Å². The molecule has 0 spiro atoms. The number of nitriles is 1. The van der Waals surface area contributed by atoms with E-state index in [1.807, 2.05) is 54.6 Å². The lowest BCUT2D eigenvalue weighted by molar-refractivity contribution is 0.0513. The van der Waals surface area contributed by atoms with Crippen LogP contribution < -0.4 is 0 Å². The molecule has 0 fully saturated rings. The molecule has 0 radical (unpaired) electrons. The van der Waals surface area contributed by atoms with Crippen molar-refractivity contribution < 1.29 is 14.3 Å². The number of ether oxygens (including phenoxy) is 1. The fourth-order valence-electron chi connectivity index (χ4n) is 3.55. The monoisotopic (exact) mass is 368 g/mol. The van der Waals surface area contributed by atoms with Crippen LogP contribution in [0, 0.1) is 18.3 Å². The standard InChI is InChI=1S/C23H16N2O3/c1-14-18(23(27)28-13-7-12-24)19(15-8-3-2-4-9-15)20-21(25-14)16-10-5-6-11-17(16)22(20)26/h2-6,8-11H,7,13H2,1H3. The van der Waals surface area contributed by atoms with Crippen molar-refractivity contribution in [2.75, 3.05) is 6.61 Å². The SMILES string of the molecule is Cc1nc2c(c(-c3ccccc3)c1C(=O)OCCC#N)C(=O)c1ccccc1-2. The molecule has 1 aliphatic rings. The highest BCUT2D eigenvalue weighted by atomic mass is 16.5. The first-order valence-electron chi connectivity index (χ1n) is 8.91. The van der Waals surface area contributed by atoms with Crippen molar-refractivity contribution >= 4 is 11.8 Å². The van der Waals surface area contributed by atoms with Gasteiger partial charge in [0, 0.05) is 16.7 Å². The van der Waals surface area contributed by atoms with Crippen molar-refractivity contribution in [2.45, 2.75) is 13.3 Å². The molecule has 1 heterocycles. The number of benzene rings is 2. The normalized spacial score (nSPS) is 11.5. The molecule has 0 bridgehead atoms. The molecule has 0 atom stereocenters. The lowest BCUT2D eigenvalue weighted by Crippen LogP contribution is -2.14. The van der Waals surface area contributed by atoms with Crippen LogP contribution in [0.4, 0.5) is 0 Å². The van der Waals surface area contributed by atoms with E-state index in [0.29, 0.717) is 28.1 Å². The zero-order chi connectivity index (χ0) is 19.7. The Kier molecular flexibility index (Phi) is 4.46. The van der Waals surface area contributed by atoms with Crippen LogP contribution in [-0.4, -0.2) is 23.3 Å². The van der Waals surface area contributed by atoms with Crippen molar-refractivity contribution in [1.29, 1.82) is 5.26 Å². The Balaban J connectivity index is 1.98. The summed E-state index contributed by atoms with van der Waals surface area (Å²) in [5.41, 5.74) is 4.40. The number of hydrogen-bond acceptors (Lipinski definition) is 5. The molecular formula is C23H16N2O3. The van der Waals surface area contributed by atoms with Crippen LogP contribution in [0.3, 0.4) is 0 Å². The summed E-state index contributed by atoms with van der Waals surface area (Å²) in [5, 5.41) is 8.70. The molecule has 4 rings (SSSR count). The predicted molar refractivity (Wildman–Crippen MR) is 104 cm³/mol. The Morgan fingerprint density at radius 1 is 1.04 bits per heavy atom.